The molecule has 1 aliphatic rings. The third-order valence-corrected chi connectivity index (χ3v) is 4.39. The van der Waals surface area contributed by atoms with Crippen molar-refractivity contribution in [2.75, 3.05) is 38.2 Å². The summed E-state index contributed by atoms with van der Waals surface area (Å²) in [6.07, 6.45) is 2.14. The van der Waals surface area contributed by atoms with Crippen LogP contribution in [0.5, 0.6) is 0 Å². The van der Waals surface area contributed by atoms with Crippen LogP contribution in [0.2, 0.25) is 0 Å². The number of guanidine groups is 1. The fourth-order valence-electron chi connectivity index (χ4n) is 3.09. The summed E-state index contributed by atoms with van der Waals surface area (Å²) in [5.41, 5.74) is 8.39. The maximum Gasteiger partial charge on any atom is 0.193 e. The van der Waals surface area contributed by atoms with Crippen LogP contribution in [0, 0.1) is 5.92 Å². The first-order chi connectivity index (χ1) is 11.6. The molecule has 0 aliphatic carbocycles. The average molecular weight is 460 g/mol. The van der Waals surface area contributed by atoms with Gasteiger partial charge in [-0.2, -0.15) is 0 Å². The molecule has 0 radical (unpaired) electrons. The maximum absolute atomic E-state index is 6.10. The molecule has 1 unspecified atom stereocenters. The molecular formula is C19H33IN4O. The summed E-state index contributed by atoms with van der Waals surface area (Å²) in [6.45, 7) is 11.0. The van der Waals surface area contributed by atoms with Gasteiger partial charge in [-0.25, -0.2) is 0 Å². The van der Waals surface area contributed by atoms with E-state index in [4.69, 9.17) is 10.5 Å². The molecule has 2 rings (SSSR count). The lowest BCUT2D eigenvalue weighted by molar-refractivity contribution is 0.0143. The van der Waals surface area contributed by atoms with Crippen molar-refractivity contribution in [1.82, 2.24) is 4.90 Å². The van der Waals surface area contributed by atoms with Gasteiger partial charge in [0.25, 0.3) is 0 Å². The number of aliphatic imine (C=N–C) groups is 1. The van der Waals surface area contributed by atoms with Gasteiger partial charge in [-0.05, 0) is 36.5 Å². The highest BCUT2D eigenvalue weighted by molar-refractivity contribution is 14.0. The number of rotatable bonds is 7. The number of nitrogens with two attached hydrogens (primary N) is 1. The molecule has 0 spiro atoms. The molecule has 1 fully saturated rings. The van der Waals surface area contributed by atoms with Crippen LogP contribution in [-0.2, 0) is 11.2 Å². The zero-order valence-electron chi connectivity index (χ0n) is 15.7. The minimum Gasteiger partial charge on any atom is -0.379 e. The van der Waals surface area contributed by atoms with Crippen LogP contribution in [0.25, 0.3) is 0 Å². The number of hydrogen-bond donors (Lipinski definition) is 2. The molecule has 142 valence electrons. The number of halogens is 1. The molecule has 0 aromatic heterocycles. The number of ether oxygens (including phenoxy) is 1. The van der Waals surface area contributed by atoms with Crippen LogP contribution in [0.3, 0.4) is 0 Å². The zero-order valence-corrected chi connectivity index (χ0v) is 18.0. The maximum atomic E-state index is 6.10. The Hall–Kier alpha value is -0.860. The molecule has 0 amide bonds. The first-order valence-corrected chi connectivity index (χ1v) is 9.06. The van der Waals surface area contributed by atoms with Gasteiger partial charge in [0.05, 0.1) is 19.8 Å². The molecule has 5 nitrogen and oxygen atoms in total. The van der Waals surface area contributed by atoms with Crippen LogP contribution < -0.4 is 11.1 Å². The standard InChI is InChI=1S/C19H32N4O.HI/c1-4-16-6-5-7-17(13-16)22-19(20)21-14-18(12-15(2)3)23-8-10-24-11-9-23;/h5-7,13,15,18H,4,8-12,14H2,1-3H3,(H3,20,21,22);1H. The predicted molar refractivity (Wildman–Crippen MR) is 117 cm³/mol. The van der Waals surface area contributed by atoms with Crippen LogP contribution >= 0.6 is 24.0 Å². The monoisotopic (exact) mass is 460 g/mol. The van der Waals surface area contributed by atoms with Gasteiger partial charge in [0.15, 0.2) is 5.96 Å². The van der Waals surface area contributed by atoms with E-state index in [1.165, 1.54) is 5.56 Å². The zero-order chi connectivity index (χ0) is 17.4. The van der Waals surface area contributed by atoms with E-state index in [0.717, 1.165) is 51.4 Å². The molecule has 1 aliphatic heterocycles. The summed E-state index contributed by atoms with van der Waals surface area (Å²) >= 11 is 0. The molecule has 0 bridgehead atoms. The fourth-order valence-corrected chi connectivity index (χ4v) is 3.09. The number of nitrogens with one attached hydrogen (secondary N) is 1. The number of hydrogen-bond acceptors (Lipinski definition) is 3. The molecule has 1 aromatic carbocycles. The highest BCUT2D eigenvalue weighted by Gasteiger charge is 2.21. The van der Waals surface area contributed by atoms with Crippen LogP contribution in [0.4, 0.5) is 5.69 Å². The second-order valence-corrected chi connectivity index (χ2v) is 6.84. The van der Waals surface area contributed by atoms with Crippen molar-refractivity contribution in [3.63, 3.8) is 0 Å². The molecule has 1 heterocycles. The third-order valence-electron chi connectivity index (χ3n) is 4.39. The Labute approximate surface area is 169 Å². The molecule has 0 saturated carbocycles. The molecule has 6 heteroatoms. The summed E-state index contributed by atoms with van der Waals surface area (Å²) in [7, 11) is 0. The number of aryl methyl sites for hydroxylation is 1. The summed E-state index contributed by atoms with van der Waals surface area (Å²) in [4.78, 5) is 7.09. The van der Waals surface area contributed by atoms with Crippen LogP contribution in [-0.4, -0.2) is 49.7 Å². The number of morpholine rings is 1. The van der Waals surface area contributed by atoms with Crippen molar-refractivity contribution in [2.45, 2.75) is 39.7 Å². The van der Waals surface area contributed by atoms with Gasteiger partial charge in [0.2, 0.25) is 0 Å². The van der Waals surface area contributed by atoms with Gasteiger partial charge in [-0.1, -0.05) is 32.9 Å². The molecular weight excluding hydrogens is 427 g/mol. The highest BCUT2D eigenvalue weighted by Crippen LogP contribution is 2.14. The fraction of sp³-hybridized carbons (Fsp3) is 0.632. The minimum atomic E-state index is 0. The van der Waals surface area contributed by atoms with Crippen molar-refractivity contribution < 1.29 is 4.74 Å². The van der Waals surface area contributed by atoms with E-state index >= 15 is 0 Å². The van der Waals surface area contributed by atoms with Gasteiger partial charge < -0.3 is 15.8 Å². The Morgan fingerprint density at radius 2 is 2.04 bits per heavy atom. The van der Waals surface area contributed by atoms with Crippen molar-refractivity contribution >= 4 is 35.6 Å². The Bertz CT molecular complexity index is 530. The van der Waals surface area contributed by atoms with Crippen molar-refractivity contribution in [2.24, 2.45) is 16.6 Å². The van der Waals surface area contributed by atoms with E-state index < -0.39 is 0 Å². The van der Waals surface area contributed by atoms with E-state index in [2.05, 4.69) is 48.1 Å². The van der Waals surface area contributed by atoms with E-state index in [-0.39, 0.29) is 24.0 Å². The SMILES string of the molecule is CCc1cccc(NC(N)=NCC(CC(C)C)N2CCOCC2)c1.I. The molecule has 1 atom stereocenters. The Balaban J connectivity index is 0.00000312. The normalized spacial score (nSPS) is 17.2. The molecule has 1 saturated heterocycles. The van der Waals surface area contributed by atoms with E-state index in [0.29, 0.717) is 17.9 Å². The highest BCUT2D eigenvalue weighted by atomic mass is 127. The smallest absolute Gasteiger partial charge is 0.193 e. The van der Waals surface area contributed by atoms with Gasteiger partial charge >= 0.3 is 0 Å². The average Bonchev–Trinajstić information content (AvgIpc) is 2.59. The summed E-state index contributed by atoms with van der Waals surface area (Å²) in [5.74, 6) is 1.13. The van der Waals surface area contributed by atoms with Crippen molar-refractivity contribution in [1.29, 1.82) is 0 Å². The number of benzene rings is 1. The molecule has 1 aromatic rings. The lowest BCUT2D eigenvalue weighted by Crippen LogP contribution is -2.45. The van der Waals surface area contributed by atoms with Crippen LogP contribution in [0.15, 0.2) is 29.3 Å². The third kappa shape index (κ3) is 7.92. The van der Waals surface area contributed by atoms with Crippen molar-refractivity contribution in [3.8, 4) is 0 Å². The minimum absolute atomic E-state index is 0. The topological polar surface area (TPSA) is 62.9 Å². The second-order valence-electron chi connectivity index (χ2n) is 6.84. The Kier molecular flexibility index (Phi) is 10.4. The predicted octanol–water partition coefficient (Wildman–Crippen LogP) is 3.34. The Morgan fingerprint density at radius 1 is 1.32 bits per heavy atom. The van der Waals surface area contributed by atoms with E-state index in [1.54, 1.807) is 0 Å². The van der Waals surface area contributed by atoms with Gasteiger partial charge in [0, 0.05) is 24.8 Å². The van der Waals surface area contributed by atoms with Gasteiger partial charge in [0.1, 0.15) is 0 Å². The molecule has 3 N–H and O–H groups in total. The number of anilines is 1. The lowest BCUT2D eigenvalue weighted by atomic mass is 10.0. The first-order valence-electron chi connectivity index (χ1n) is 9.06. The summed E-state index contributed by atoms with van der Waals surface area (Å²) in [5, 5.41) is 3.21. The van der Waals surface area contributed by atoms with E-state index in [9.17, 15) is 0 Å². The Morgan fingerprint density at radius 3 is 2.68 bits per heavy atom. The van der Waals surface area contributed by atoms with E-state index in [1.807, 2.05) is 12.1 Å². The second kappa shape index (κ2) is 11.7. The molecule has 25 heavy (non-hydrogen) atoms. The lowest BCUT2D eigenvalue weighted by Gasteiger charge is -2.34. The quantitative estimate of drug-likeness (QED) is 0.372. The summed E-state index contributed by atoms with van der Waals surface area (Å²) in [6, 6.07) is 8.74. The van der Waals surface area contributed by atoms with Crippen molar-refractivity contribution in [3.05, 3.63) is 29.8 Å². The van der Waals surface area contributed by atoms with Gasteiger partial charge in [-0.3, -0.25) is 9.89 Å². The largest absolute Gasteiger partial charge is 0.379 e. The van der Waals surface area contributed by atoms with Gasteiger partial charge in [-0.15, -0.1) is 24.0 Å². The first kappa shape index (κ1) is 22.2. The number of nitrogens with zero attached hydrogens (tertiary/aromatic N) is 2. The van der Waals surface area contributed by atoms with Crippen LogP contribution in [0.1, 0.15) is 32.8 Å². The summed E-state index contributed by atoms with van der Waals surface area (Å²) < 4.78 is 5.47.